The van der Waals surface area contributed by atoms with E-state index in [0.717, 1.165) is 24.3 Å². The van der Waals surface area contributed by atoms with Crippen molar-refractivity contribution in [3.8, 4) is 5.75 Å². The van der Waals surface area contributed by atoms with Crippen molar-refractivity contribution < 1.29 is 9.53 Å². The lowest BCUT2D eigenvalue weighted by atomic mass is 9.70. The van der Waals surface area contributed by atoms with E-state index in [-0.39, 0.29) is 33.7 Å². The van der Waals surface area contributed by atoms with Gasteiger partial charge in [0.25, 0.3) is 5.91 Å². The molecule has 0 aliphatic heterocycles. The molecule has 0 fully saturated rings. The van der Waals surface area contributed by atoms with Crippen LogP contribution in [0.25, 0.3) is 0 Å². The number of rotatable bonds is 13. The first-order chi connectivity index (χ1) is 22.2. The van der Waals surface area contributed by atoms with E-state index in [1.807, 2.05) is 0 Å². The second-order valence-electron chi connectivity index (χ2n) is 19.1. The van der Waals surface area contributed by atoms with Gasteiger partial charge in [0.05, 0.1) is 0 Å². The fourth-order valence-electron chi connectivity index (χ4n) is 6.46. The van der Waals surface area contributed by atoms with Gasteiger partial charge in [-0.25, -0.2) is 0 Å². The van der Waals surface area contributed by atoms with Gasteiger partial charge in [-0.1, -0.05) is 146 Å². The van der Waals surface area contributed by atoms with Crippen molar-refractivity contribution >= 4 is 17.5 Å². The van der Waals surface area contributed by atoms with Crippen molar-refractivity contribution in [3.05, 3.63) is 98.6 Å². The maximum atomic E-state index is 11.8. The number of nitrogens with two attached hydrogens (primary N) is 1. The summed E-state index contributed by atoms with van der Waals surface area (Å²) in [6.45, 7) is 34.3. The summed E-state index contributed by atoms with van der Waals surface area (Å²) in [6.07, 6.45) is 2.82. The van der Waals surface area contributed by atoms with Gasteiger partial charge in [-0.2, -0.15) is 0 Å². The Morgan fingerprint density at radius 2 is 1.08 bits per heavy atom. The topological polar surface area (TPSA) is 52.3 Å². The molecule has 0 spiro atoms. The minimum atomic E-state index is -0.478. The predicted molar refractivity (Wildman–Crippen MR) is 212 cm³/mol. The summed E-state index contributed by atoms with van der Waals surface area (Å²) in [5.74, 6) is 1.24. The molecule has 0 unspecified atom stereocenters. The lowest BCUT2D eigenvalue weighted by Gasteiger charge is -2.35. The van der Waals surface area contributed by atoms with Gasteiger partial charge >= 0.3 is 0 Å². The number of hydrogen-bond donors (Lipinski definition) is 1. The summed E-state index contributed by atoms with van der Waals surface area (Å²) < 4.78 is 6.01. The molecular formula is C45H66ClNO2. The number of carbonyl (C=O) groups is 1. The van der Waals surface area contributed by atoms with Gasteiger partial charge in [-0.05, 0) is 121 Å². The number of halogens is 1. The van der Waals surface area contributed by atoms with E-state index in [2.05, 4.69) is 158 Å². The molecule has 0 bridgehead atoms. The first kappa shape index (κ1) is 40.6. The monoisotopic (exact) mass is 687 g/mol. The normalized spacial score (nSPS) is 13.9. The molecule has 1 amide bonds. The van der Waals surface area contributed by atoms with E-state index in [0.29, 0.717) is 17.6 Å². The van der Waals surface area contributed by atoms with Gasteiger partial charge in [-0.15, -0.1) is 0 Å². The van der Waals surface area contributed by atoms with Crippen molar-refractivity contribution in [1.29, 1.82) is 0 Å². The number of carbonyl (C=O) groups excluding carboxylic acids is 1. The van der Waals surface area contributed by atoms with E-state index < -0.39 is 5.91 Å². The molecule has 3 nitrogen and oxygen atoms in total. The maximum absolute atomic E-state index is 11.8. The van der Waals surface area contributed by atoms with Crippen molar-refractivity contribution in [3.63, 3.8) is 0 Å². The highest BCUT2D eigenvalue weighted by molar-refractivity contribution is 6.30. The van der Waals surface area contributed by atoms with Gasteiger partial charge in [-0.3, -0.25) is 4.79 Å². The summed E-state index contributed by atoms with van der Waals surface area (Å²) in [4.78, 5) is 11.8. The zero-order valence-corrected chi connectivity index (χ0v) is 34.2. The predicted octanol–water partition coefficient (Wildman–Crippen LogP) is 12.1. The molecule has 0 aromatic heterocycles. The van der Waals surface area contributed by atoms with Crippen molar-refractivity contribution in [2.24, 2.45) is 11.7 Å². The Bertz CT molecular complexity index is 1610. The third-order valence-electron chi connectivity index (χ3n) is 10.8. The minimum absolute atomic E-state index is 0.0197. The first-order valence-corrected chi connectivity index (χ1v) is 18.6. The standard InChI is InChI=1S/C45H66ClNO2/c1-29(2)30(3)32-18-31(19-33(20-32)41(4,5)6)27-45(14,15)37-22-36(25-39(26-37)49-28-40(47)48)44(12,13)17-16-43(10,11)35-21-34(42(7,8)9)23-38(46)24-35/h18-26,29-30H,16-17,27-28H2,1-15H3,(H2,47,48)/t30-/m0/s1. The van der Waals surface area contributed by atoms with E-state index >= 15 is 0 Å². The lowest BCUT2D eigenvalue weighted by Crippen LogP contribution is -2.27. The Balaban J connectivity index is 2.03. The summed E-state index contributed by atoms with van der Waals surface area (Å²) >= 11 is 6.66. The SMILES string of the molecule is CC(C)[C@H](C)c1cc(CC(C)(C)c2cc(OCC(N)=O)cc(C(C)(C)CCC(C)(C)c3cc(Cl)cc(C(C)(C)C)c3)c2)cc(C(C)(C)C)c1. The van der Waals surface area contributed by atoms with Crippen LogP contribution in [0.3, 0.4) is 0 Å². The van der Waals surface area contributed by atoms with E-state index in [1.54, 1.807) is 0 Å². The Kier molecular flexibility index (Phi) is 12.3. The molecular weight excluding hydrogens is 622 g/mol. The summed E-state index contributed by atoms with van der Waals surface area (Å²) in [6, 6.07) is 20.4. The van der Waals surface area contributed by atoms with Crippen LogP contribution in [0, 0.1) is 5.92 Å². The van der Waals surface area contributed by atoms with Crippen LogP contribution >= 0.6 is 11.6 Å². The fraction of sp³-hybridized carbons (Fsp3) is 0.578. The second kappa shape index (κ2) is 14.8. The van der Waals surface area contributed by atoms with Crippen LogP contribution in [0.4, 0.5) is 0 Å². The van der Waals surface area contributed by atoms with Gasteiger partial charge in [0.15, 0.2) is 6.61 Å². The molecule has 3 rings (SSSR count). The van der Waals surface area contributed by atoms with Gasteiger partial charge in [0.1, 0.15) is 5.75 Å². The average Bonchev–Trinajstić information content (AvgIpc) is 2.97. The highest BCUT2D eigenvalue weighted by atomic mass is 35.5. The van der Waals surface area contributed by atoms with Crippen LogP contribution in [0.2, 0.25) is 5.02 Å². The number of hydrogen-bond acceptors (Lipinski definition) is 2. The third-order valence-corrected chi connectivity index (χ3v) is 11.0. The molecule has 4 heteroatoms. The zero-order valence-electron chi connectivity index (χ0n) is 33.5. The largest absolute Gasteiger partial charge is 0.484 e. The number of benzene rings is 3. The molecule has 0 aliphatic carbocycles. The van der Waals surface area contributed by atoms with E-state index in [4.69, 9.17) is 22.1 Å². The summed E-state index contributed by atoms with van der Waals surface area (Å²) in [5.41, 5.74) is 14.2. The maximum Gasteiger partial charge on any atom is 0.255 e. The second-order valence-corrected chi connectivity index (χ2v) is 19.5. The van der Waals surface area contributed by atoms with Crippen LogP contribution in [-0.2, 0) is 38.3 Å². The van der Waals surface area contributed by atoms with Crippen LogP contribution in [0.15, 0.2) is 54.6 Å². The molecule has 0 aliphatic rings. The van der Waals surface area contributed by atoms with E-state index in [9.17, 15) is 4.79 Å². The van der Waals surface area contributed by atoms with Gasteiger partial charge < -0.3 is 10.5 Å². The highest BCUT2D eigenvalue weighted by Gasteiger charge is 2.31. The van der Waals surface area contributed by atoms with Crippen molar-refractivity contribution in [1.82, 2.24) is 0 Å². The smallest absolute Gasteiger partial charge is 0.255 e. The zero-order chi connectivity index (χ0) is 37.3. The van der Waals surface area contributed by atoms with E-state index in [1.165, 1.54) is 38.9 Å². The molecule has 0 heterocycles. The highest BCUT2D eigenvalue weighted by Crippen LogP contribution is 2.42. The molecule has 0 radical (unpaired) electrons. The van der Waals surface area contributed by atoms with Crippen LogP contribution in [0.1, 0.15) is 162 Å². The molecule has 0 saturated carbocycles. The Morgan fingerprint density at radius 3 is 1.57 bits per heavy atom. The quantitative estimate of drug-likeness (QED) is 0.194. The van der Waals surface area contributed by atoms with Crippen molar-refractivity contribution in [2.75, 3.05) is 6.61 Å². The molecule has 3 aromatic rings. The average molecular weight is 688 g/mol. The van der Waals surface area contributed by atoms with Gasteiger partial charge in [0, 0.05) is 5.02 Å². The molecule has 1 atom stereocenters. The molecule has 49 heavy (non-hydrogen) atoms. The first-order valence-electron chi connectivity index (χ1n) is 18.2. The Morgan fingerprint density at radius 1 is 0.633 bits per heavy atom. The molecule has 2 N–H and O–H groups in total. The van der Waals surface area contributed by atoms with Crippen LogP contribution < -0.4 is 10.5 Å². The summed E-state index contributed by atoms with van der Waals surface area (Å²) in [7, 11) is 0. The number of ether oxygens (including phenoxy) is 1. The lowest BCUT2D eigenvalue weighted by molar-refractivity contribution is -0.119. The van der Waals surface area contributed by atoms with Crippen molar-refractivity contribution in [2.45, 2.75) is 156 Å². The summed E-state index contributed by atoms with van der Waals surface area (Å²) in [5, 5.41) is 0.791. The minimum Gasteiger partial charge on any atom is -0.484 e. The Hall–Kier alpha value is -2.78. The molecule has 270 valence electrons. The molecule has 3 aromatic carbocycles. The van der Waals surface area contributed by atoms with Crippen LogP contribution in [0.5, 0.6) is 5.75 Å². The Labute approximate surface area is 304 Å². The third kappa shape index (κ3) is 10.9. The number of amides is 1. The van der Waals surface area contributed by atoms with Gasteiger partial charge in [0.2, 0.25) is 0 Å². The molecule has 0 saturated heterocycles. The fourth-order valence-corrected chi connectivity index (χ4v) is 6.69. The van der Waals surface area contributed by atoms with Crippen LogP contribution in [-0.4, -0.2) is 12.5 Å². The number of primary amides is 1.